The van der Waals surface area contributed by atoms with Crippen LogP contribution in [0.1, 0.15) is 42.6 Å². The Morgan fingerprint density at radius 3 is 2.39 bits per heavy atom. The second-order valence-electron chi connectivity index (χ2n) is 4.60. The molecule has 1 aromatic carbocycles. The molecule has 0 bridgehead atoms. The summed E-state index contributed by atoms with van der Waals surface area (Å²) in [5.41, 5.74) is 1.96. The van der Waals surface area contributed by atoms with Gasteiger partial charge in [-0.15, -0.1) is 0 Å². The van der Waals surface area contributed by atoms with Crippen LogP contribution in [0.5, 0.6) is 11.5 Å². The molecular weight excluding hydrogens is 252 g/mol. The maximum atomic E-state index is 10.8. The third kappa shape index (κ3) is 2.56. The highest BCUT2D eigenvalue weighted by Gasteiger charge is 2.22. The van der Waals surface area contributed by atoms with Crippen molar-refractivity contribution in [2.75, 3.05) is 6.79 Å². The average Bonchev–Trinajstić information content (AvgIpc) is 2.72. The zero-order valence-corrected chi connectivity index (χ0v) is 11.2. The fourth-order valence-corrected chi connectivity index (χ4v) is 2.42. The smallest absolute Gasteiger partial charge is 0.304 e. The van der Waals surface area contributed by atoms with Crippen LogP contribution in [0.2, 0.25) is 0 Å². The molecule has 0 spiro atoms. The van der Waals surface area contributed by atoms with Crippen molar-refractivity contribution in [1.82, 2.24) is 0 Å². The molecule has 0 aromatic heterocycles. The van der Waals surface area contributed by atoms with E-state index in [-0.39, 0.29) is 24.4 Å². The molecule has 98 valence electrons. The van der Waals surface area contributed by atoms with Crippen LogP contribution in [0, 0.1) is 0 Å². The molecule has 0 radical (unpaired) electrons. The molecule has 0 aliphatic carbocycles. The van der Waals surface area contributed by atoms with Gasteiger partial charge in [0.2, 0.25) is 6.79 Å². The van der Waals surface area contributed by atoms with E-state index in [0.29, 0.717) is 5.75 Å². The Kier molecular flexibility index (Phi) is 3.71. The average molecular weight is 268 g/mol. The highest BCUT2D eigenvalue weighted by molar-refractivity contribution is 7.80. The van der Waals surface area contributed by atoms with Crippen molar-refractivity contribution in [3.8, 4) is 11.5 Å². The maximum absolute atomic E-state index is 10.8. The van der Waals surface area contributed by atoms with E-state index in [1.807, 2.05) is 12.1 Å². The first kappa shape index (κ1) is 13.1. The van der Waals surface area contributed by atoms with Crippen molar-refractivity contribution < 1.29 is 19.4 Å². The minimum Gasteiger partial charge on any atom is -0.481 e. The lowest BCUT2D eigenvalue weighted by atomic mass is 9.93. The fourth-order valence-electron chi connectivity index (χ4n) is 2.04. The van der Waals surface area contributed by atoms with E-state index in [2.05, 4.69) is 26.5 Å². The van der Waals surface area contributed by atoms with Gasteiger partial charge in [-0.05, 0) is 29.2 Å². The number of benzene rings is 1. The van der Waals surface area contributed by atoms with Crippen LogP contribution in [0.25, 0.3) is 0 Å². The molecule has 1 aromatic rings. The van der Waals surface area contributed by atoms with Gasteiger partial charge in [0, 0.05) is 5.25 Å². The van der Waals surface area contributed by atoms with Gasteiger partial charge in [0.25, 0.3) is 0 Å². The molecule has 2 rings (SSSR count). The molecule has 18 heavy (non-hydrogen) atoms. The van der Waals surface area contributed by atoms with Crippen LogP contribution in [0.4, 0.5) is 0 Å². The lowest BCUT2D eigenvalue weighted by Gasteiger charge is -2.17. The molecule has 1 N–H and O–H groups in total. The number of carbonyl (C=O) groups is 1. The standard InChI is InChI=1S/C13H16O4S/c1-7(2)8-3-10-11(17-6-16-10)4-9(8)12(18)5-13(14)15/h3-4,7,12,18H,5-6H2,1-2H3,(H,14,15). The Bertz CT molecular complexity index is 470. The third-order valence-electron chi connectivity index (χ3n) is 2.93. The SMILES string of the molecule is CC(C)c1cc2c(cc1C(S)CC(=O)O)OCO2. The van der Waals surface area contributed by atoms with Crippen molar-refractivity contribution in [1.29, 1.82) is 0 Å². The molecule has 0 saturated carbocycles. The van der Waals surface area contributed by atoms with Gasteiger partial charge in [0.05, 0.1) is 6.42 Å². The molecule has 0 amide bonds. The summed E-state index contributed by atoms with van der Waals surface area (Å²) in [5, 5.41) is 8.52. The lowest BCUT2D eigenvalue weighted by Crippen LogP contribution is -2.05. The summed E-state index contributed by atoms with van der Waals surface area (Å²) >= 11 is 4.39. The number of carboxylic acids is 1. The van der Waals surface area contributed by atoms with E-state index >= 15 is 0 Å². The van der Waals surface area contributed by atoms with Crippen molar-refractivity contribution >= 4 is 18.6 Å². The minimum absolute atomic E-state index is 0.0114. The number of thiol groups is 1. The van der Waals surface area contributed by atoms with Crippen LogP contribution in [0.15, 0.2) is 12.1 Å². The summed E-state index contributed by atoms with van der Waals surface area (Å²) < 4.78 is 10.7. The first-order valence-electron chi connectivity index (χ1n) is 5.82. The van der Waals surface area contributed by atoms with Crippen LogP contribution < -0.4 is 9.47 Å². The largest absolute Gasteiger partial charge is 0.481 e. The topological polar surface area (TPSA) is 55.8 Å². The Morgan fingerprint density at radius 1 is 1.33 bits per heavy atom. The van der Waals surface area contributed by atoms with Gasteiger partial charge in [-0.25, -0.2) is 0 Å². The molecule has 0 fully saturated rings. The second-order valence-corrected chi connectivity index (χ2v) is 5.23. The zero-order valence-electron chi connectivity index (χ0n) is 10.3. The van der Waals surface area contributed by atoms with Crippen molar-refractivity contribution in [3.63, 3.8) is 0 Å². The van der Waals surface area contributed by atoms with Gasteiger partial charge < -0.3 is 14.6 Å². The Labute approximate surface area is 111 Å². The van der Waals surface area contributed by atoms with E-state index in [1.165, 1.54) is 0 Å². The number of fused-ring (bicyclic) bond motifs is 1. The summed E-state index contributed by atoms with van der Waals surface area (Å²) in [5.74, 6) is 0.803. The van der Waals surface area contributed by atoms with E-state index in [4.69, 9.17) is 14.6 Å². The van der Waals surface area contributed by atoms with Crippen LogP contribution in [-0.4, -0.2) is 17.9 Å². The Morgan fingerprint density at radius 2 is 1.89 bits per heavy atom. The summed E-state index contributed by atoms with van der Waals surface area (Å²) in [7, 11) is 0. The predicted octanol–water partition coefficient (Wildman–Crippen LogP) is 2.98. The highest BCUT2D eigenvalue weighted by atomic mass is 32.1. The third-order valence-corrected chi connectivity index (χ3v) is 3.39. The van der Waals surface area contributed by atoms with Gasteiger partial charge in [0.15, 0.2) is 11.5 Å². The quantitative estimate of drug-likeness (QED) is 0.824. The monoisotopic (exact) mass is 268 g/mol. The van der Waals surface area contributed by atoms with E-state index < -0.39 is 5.97 Å². The van der Waals surface area contributed by atoms with Gasteiger partial charge in [-0.2, -0.15) is 12.6 Å². The minimum atomic E-state index is -0.859. The molecule has 5 heteroatoms. The van der Waals surface area contributed by atoms with Gasteiger partial charge in [0.1, 0.15) is 0 Å². The molecule has 1 heterocycles. The summed E-state index contributed by atoms with van der Waals surface area (Å²) in [6.45, 7) is 4.33. The normalized spacial score (nSPS) is 14.9. The van der Waals surface area contributed by atoms with Crippen molar-refractivity contribution in [2.24, 2.45) is 0 Å². The first-order chi connectivity index (χ1) is 8.49. The number of carboxylic acid groups (broad SMARTS) is 1. The van der Waals surface area contributed by atoms with Crippen molar-refractivity contribution in [2.45, 2.75) is 31.4 Å². The lowest BCUT2D eigenvalue weighted by molar-refractivity contribution is -0.137. The second kappa shape index (κ2) is 5.10. The molecule has 1 atom stereocenters. The summed E-state index contributed by atoms with van der Waals surface area (Å²) in [6.07, 6.45) is -0.0114. The maximum Gasteiger partial charge on any atom is 0.304 e. The van der Waals surface area contributed by atoms with Crippen LogP contribution in [0.3, 0.4) is 0 Å². The highest BCUT2D eigenvalue weighted by Crippen LogP contribution is 2.41. The Balaban J connectivity index is 2.41. The van der Waals surface area contributed by atoms with Crippen molar-refractivity contribution in [3.05, 3.63) is 23.3 Å². The predicted molar refractivity (Wildman–Crippen MR) is 70.6 cm³/mol. The number of ether oxygens (including phenoxy) is 2. The number of aliphatic carboxylic acids is 1. The molecule has 4 nitrogen and oxygen atoms in total. The number of rotatable bonds is 4. The van der Waals surface area contributed by atoms with Crippen LogP contribution in [-0.2, 0) is 4.79 Å². The molecule has 1 aliphatic rings. The van der Waals surface area contributed by atoms with Crippen LogP contribution >= 0.6 is 12.6 Å². The molecule has 0 saturated heterocycles. The molecular formula is C13H16O4S. The van der Waals surface area contributed by atoms with Gasteiger partial charge in [-0.3, -0.25) is 4.79 Å². The molecule has 1 aliphatic heterocycles. The van der Waals surface area contributed by atoms with E-state index in [9.17, 15) is 4.79 Å². The van der Waals surface area contributed by atoms with Gasteiger partial charge >= 0.3 is 5.97 Å². The number of hydrogen-bond donors (Lipinski definition) is 2. The fraction of sp³-hybridized carbons (Fsp3) is 0.462. The first-order valence-corrected chi connectivity index (χ1v) is 6.34. The van der Waals surface area contributed by atoms with E-state index in [0.717, 1.165) is 16.9 Å². The summed E-state index contributed by atoms with van der Waals surface area (Å²) in [4.78, 5) is 10.8. The zero-order chi connectivity index (χ0) is 13.3. The molecule has 1 unspecified atom stereocenters. The summed E-state index contributed by atoms with van der Waals surface area (Å²) in [6, 6.07) is 3.77. The van der Waals surface area contributed by atoms with Gasteiger partial charge in [-0.1, -0.05) is 13.8 Å². The Hall–Kier alpha value is -1.36. The van der Waals surface area contributed by atoms with E-state index in [1.54, 1.807) is 0 Å². The number of hydrogen-bond acceptors (Lipinski definition) is 4.